The summed E-state index contributed by atoms with van der Waals surface area (Å²) in [6, 6.07) is 5.49. The van der Waals surface area contributed by atoms with Gasteiger partial charge in [0.2, 0.25) is 0 Å². The van der Waals surface area contributed by atoms with Crippen molar-refractivity contribution in [3.63, 3.8) is 0 Å². The molecule has 1 aromatic carbocycles. The van der Waals surface area contributed by atoms with Gasteiger partial charge in [-0.3, -0.25) is 4.79 Å². The predicted molar refractivity (Wildman–Crippen MR) is 82.9 cm³/mol. The van der Waals surface area contributed by atoms with E-state index in [1.165, 1.54) is 11.3 Å². The fourth-order valence-corrected chi connectivity index (χ4v) is 4.00. The average Bonchev–Trinajstić information content (AvgIpc) is 3.15. The summed E-state index contributed by atoms with van der Waals surface area (Å²) in [7, 11) is 0. The molecule has 0 spiro atoms. The maximum atomic E-state index is 12.2. The number of benzene rings is 1. The van der Waals surface area contributed by atoms with E-state index >= 15 is 0 Å². The third-order valence-corrected chi connectivity index (χ3v) is 5.69. The molecule has 1 saturated carbocycles. The molecule has 1 heterocycles. The molecule has 1 amide bonds. The van der Waals surface area contributed by atoms with Gasteiger partial charge in [0.25, 0.3) is 5.91 Å². The Labute approximate surface area is 130 Å². The highest BCUT2D eigenvalue weighted by atomic mass is 35.5. The molecule has 0 bridgehead atoms. The van der Waals surface area contributed by atoms with E-state index in [9.17, 15) is 9.90 Å². The molecule has 20 heavy (non-hydrogen) atoms. The minimum atomic E-state index is -0.202. The number of hydrogen-bond acceptors (Lipinski definition) is 3. The van der Waals surface area contributed by atoms with Gasteiger partial charge in [-0.05, 0) is 25.0 Å². The maximum absolute atomic E-state index is 12.2. The van der Waals surface area contributed by atoms with Crippen LogP contribution in [0.5, 0.6) is 0 Å². The van der Waals surface area contributed by atoms with Crippen LogP contribution < -0.4 is 5.32 Å². The zero-order valence-electron chi connectivity index (χ0n) is 10.6. The third-order valence-electron chi connectivity index (χ3n) is 3.73. The molecule has 6 heteroatoms. The highest BCUT2D eigenvalue weighted by Crippen LogP contribution is 2.44. The van der Waals surface area contributed by atoms with Crippen molar-refractivity contribution >= 4 is 50.5 Å². The molecule has 0 aliphatic heterocycles. The summed E-state index contributed by atoms with van der Waals surface area (Å²) >= 11 is 13.7. The molecule has 106 valence electrons. The Hall–Kier alpha value is -0.810. The molecule has 0 radical (unpaired) electrons. The maximum Gasteiger partial charge on any atom is 0.262 e. The highest BCUT2D eigenvalue weighted by Gasteiger charge is 2.42. The summed E-state index contributed by atoms with van der Waals surface area (Å²) in [5.74, 6) is -0.202. The number of carbonyl (C=O) groups excluding carboxylic acids is 1. The largest absolute Gasteiger partial charge is 0.396 e. The van der Waals surface area contributed by atoms with Crippen LogP contribution in [0.15, 0.2) is 18.2 Å². The van der Waals surface area contributed by atoms with E-state index in [2.05, 4.69) is 5.32 Å². The summed E-state index contributed by atoms with van der Waals surface area (Å²) in [4.78, 5) is 12.7. The minimum Gasteiger partial charge on any atom is -0.396 e. The van der Waals surface area contributed by atoms with Crippen molar-refractivity contribution in [2.45, 2.75) is 12.8 Å². The second-order valence-corrected chi connectivity index (χ2v) is 7.04. The molecule has 0 saturated heterocycles. The first-order chi connectivity index (χ1) is 9.56. The first kappa shape index (κ1) is 14.1. The summed E-state index contributed by atoms with van der Waals surface area (Å²) in [6.07, 6.45) is 1.91. The van der Waals surface area contributed by atoms with Crippen LogP contribution in [0, 0.1) is 5.41 Å². The number of halogens is 2. The SMILES string of the molecule is O=C(NCC1(CO)CC1)c1sc2cccc(Cl)c2c1Cl. The fraction of sp³-hybridized carbons (Fsp3) is 0.357. The predicted octanol–water partition coefficient (Wildman–Crippen LogP) is 3.71. The lowest BCUT2D eigenvalue weighted by Crippen LogP contribution is -2.31. The molecule has 1 fully saturated rings. The van der Waals surface area contributed by atoms with E-state index in [4.69, 9.17) is 23.2 Å². The molecular weight excluding hydrogens is 317 g/mol. The number of aliphatic hydroxyl groups excluding tert-OH is 1. The van der Waals surface area contributed by atoms with Crippen LogP contribution in [0.25, 0.3) is 10.1 Å². The van der Waals surface area contributed by atoms with Gasteiger partial charge < -0.3 is 10.4 Å². The Bertz CT molecular complexity index is 679. The molecule has 0 unspecified atom stereocenters. The molecule has 2 N–H and O–H groups in total. The first-order valence-electron chi connectivity index (χ1n) is 6.32. The second-order valence-electron chi connectivity index (χ2n) is 5.20. The van der Waals surface area contributed by atoms with Gasteiger partial charge in [0, 0.05) is 22.0 Å². The number of carbonyl (C=O) groups is 1. The number of amides is 1. The molecule has 3 rings (SSSR count). The monoisotopic (exact) mass is 329 g/mol. The normalized spacial score (nSPS) is 16.4. The molecule has 2 aromatic rings. The smallest absolute Gasteiger partial charge is 0.262 e. The minimum absolute atomic E-state index is 0.110. The zero-order chi connectivity index (χ0) is 14.3. The summed E-state index contributed by atoms with van der Waals surface area (Å²) in [5, 5.41) is 13.8. The van der Waals surface area contributed by atoms with Gasteiger partial charge in [-0.25, -0.2) is 0 Å². The number of thiophene rings is 1. The van der Waals surface area contributed by atoms with Crippen LogP contribution in [-0.4, -0.2) is 24.2 Å². The van der Waals surface area contributed by atoms with Crippen LogP contribution >= 0.6 is 34.5 Å². The first-order valence-corrected chi connectivity index (χ1v) is 7.89. The van der Waals surface area contributed by atoms with Gasteiger partial charge in [0.1, 0.15) is 4.88 Å². The quantitative estimate of drug-likeness (QED) is 0.898. The fourth-order valence-electron chi connectivity index (χ4n) is 2.13. The summed E-state index contributed by atoms with van der Waals surface area (Å²) in [6.45, 7) is 0.597. The lowest BCUT2D eigenvalue weighted by molar-refractivity contribution is 0.0939. The van der Waals surface area contributed by atoms with Crippen molar-refractivity contribution in [3.8, 4) is 0 Å². The molecule has 1 aromatic heterocycles. The number of hydrogen-bond donors (Lipinski definition) is 2. The van der Waals surface area contributed by atoms with E-state index in [1.54, 1.807) is 6.07 Å². The van der Waals surface area contributed by atoms with Crippen LogP contribution in [0.2, 0.25) is 10.0 Å². The summed E-state index contributed by atoms with van der Waals surface area (Å²) < 4.78 is 0.899. The van der Waals surface area contributed by atoms with Gasteiger partial charge in [-0.15, -0.1) is 11.3 Å². The van der Waals surface area contributed by atoms with Crippen LogP contribution in [0.3, 0.4) is 0 Å². The van der Waals surface area contributed by atoms with E-state index < -0.39 is 0 Å². The van der Waals surface area contributed by atoms with E-state index in [1.807, 2.05) is 12.1 Å². The van der Waals surface area contributed by atoms with E-state index in [0.717, 1.165) is 22.9 Å². The number of nitrogens with one attached hydrogen (secondary N) is 1. The molecule has 1 aliphatic carbocycles. The van der Waals surface area contributed by atoms with Crippen molar-refractivity contribution in [2.24, 2.45) is 5.41 Å². The Morgan fingerprint density at radius 1 is 1.40 bits per heavy atom. The molecule has 3 nitrogen and oxygen atoms in total. The number of rotatable bonds is 4. The van der Waals surface area contributed by atoms with Crippen molar-refractivity contribution < 1.29 is 9.90 Å². The van der Waals surface area contributed by atoms with Gasteiger partial charge in [0.05, 0.1) is 16.7 Å². The van der Waals surface area contributed by atoms with Crippen LogP contribution in [0.1, 0.15) is 22.5 Å². The van der Waals surface area contributed by atoms with Crippen molar-refractivity contribution in [1.82, 2.24) is 5.32 Å². The van der Waals surface area contributed by atoms with Crippen molar-refractivity contribution in [1.29, 1.82) is 0 Å². The highest BCUT2D eigenvalue weighted by molar-refractivity contribution is 7.21. The van der Waals surface area contributed by atoms with Gasteiger partial charge in [-0.2, -0.15) is 0 Å². The zero-order valence-corrected chi connectivity index (χ0v) is 12.9. The Kier molecular flexibility index (Phi) is 3.67. The van der Waals surface area contributed by atoms with Gasteiger partial charge >= 0.3 is 0 Å². The standard InChI is InChI=1S/C14H13Cl2NO2S/c15-8-2-1-3-9-10(8)11(16)12(20-9)13(19)17-6-14(7-18)4-5-14/h1-3,18H,4-7H2,(H,17,19). The van der Waals surface area contributed by atoms with Crippen molar-refractivity contribution in [2.75, 3.05) is 13.2 Å². The van der Waals surface area contributed by atoms with Gasteiger partial charge in [-0.1, -0.05) is 29.3 Å². The second kappa shape index (κ2) is 5.19. The van der Waals surface area contributed by atoms with E-state index in [-0.39, 0.29) is 17.9 Å². The molecule has 1 aliphatic rings. The number of aliphatic hydroxyl groups is 1. The molecule has 0 atom stereocenters. The number of fused-ring (bicyclic) bond motifs is 1. The topological polar surface area (TPSA) is 49.3 Å². The van der Waals surface area contributed by atoms with Crippen LogP contribution in [-0.2, 0) is 0 Å². The Balaban J connectivity index is 1.85. The van der Waals surface area contributed by atoms with Crippen LogP contribution in [0.4, 0.5) is 0 Å². The van der Waals surface area contributed by atoms with Crippen molar-refractivity contribution in [3.05, 3.63) is 33.1 Å². The lowest BCUT2D eigenvalue weighted by Gasteiger charge is -2.12. The Morgan fingerprint density at radius 2 is 2.15 bits per heavy atom. The Morgan fingerprint density at radius 3 is 2.75 bits per heavy atom. The summed E-state index contributed by atoms with van der Waals surface area (Å²) in [5.41, 5.74) is -0.115. The average molecular weight is 330 g/mol. The lowest BCUT2D eigenvalue weighted by atomic mass is 10.1. The third kappa shape index (κ3) is 2.42. The van der Waals surface area contributed by atoms with Gasteiger partial charge in [0.15, 0.2) is 0 Å². The molecular formula is C14H13Cl2NO2S. The van der Waals surface area contributed by atoms with E-state index in [0.29, 0.717) is 21.5 Å².